The number of sulfonamides is 1. The standard InChI is InChI=1S/C15H20F3NO5S/c16-15(17,18)24-14-3-1-12(2-4-14)11-19-25(20,21)10-9-23-13-5-7-22-8-6-13/h1-4,13,19H,5-11H2. The fourth-order valence-corrected chi connectivity index (χ4v) is 3.09. The van der Waals surface area contributed by atoms with Gasteiger partial charge in [0, 0.05) is 19.8 Å². The highest BCUT2D eigenvalue weighted by Crippen LogP contribution is 2.22. The number of hydrogen-bond acceptors (Lipinski definition) is 5. The van der Waals surface area contributed by atoms with Gasteiger partial charge < -0.3 is 14.2 Å². The average Bonchev–Trinajstić information content (AvgIpc) is 2.54. The van der Waals surface area contributed by atoms with Crippen LogP contribution in [0.1, 0.15) is 18.4 Å². The van der Waals surface area contributed by atoms with E-state index in [0.29, 0.717) is 18.8 Å². The molecule has 1 N–H and O–H groups in total. The van der Waals surface area contributed by atoms with Crippen molar-refractivity contribution in [3.8, 4) is 5.75 Å². The summed E-state index contributed by atoms with van der Waals surface area (Å²) in [6, 6.07) is 4.99. The zero-order chi connectivity index (χ0) is 18.3. The Bertz CT molecular complexity index is 628. The molecule has 0 saturated carbocycles. The lowest BCUT2D eigenvalue weighted by Crippen LogP contribution is -2.30. The Balaban J connectivity index is 1.73. The third-order valence-electron chi connectivity index (χ3n) is 3.53. The van der Waals surface area contributed by atoms with Gasteiger partial charge in [0.05, 0.1) is 18.5 Å². The lowest BCUT2D eigenvalue weighted by Gasteiger charge is -2.22. The first-order valence-electron chi connectivity index (χ1n) is 7.75. The Hall–Kier alpha value is -1.36. The molecule has 1 saturated heterocycles. The van der Waals surface area contributed by atoms with Crippen molar-refractivity contribution in [2.75, 3.05) is 25.6 Å². The van der Waals surface area contributed by atoms with Gasteiger partial charge in [-0.05, 0) is 30.5 Å². The van der Waals surface area contributed by atoms with E-state index in [0.717, 1.165) is 25.0 Å². The molecule has 1 fully saturated rings. The minimum atomic E-state index is -4.76. The fraction of sp³-hybridized carbons (Fsp3) is 0.600. The Labute approximate surface area is 144 Å². The molecule has 6 nitrogen and oxygen atoms in total. The first-order chi connectivity index (χ1) is 11.7. The van der Waals surface area contributed by atoms with Crippen LogP contribution < -0.4 is 9.46 Å². The highest BCUT2D eigenvalue weighted by Gasteiger charge is 2.30. The molecule has 1 heterocycles. The van der Waals surface area contributed by atoms with Crippen molar-refractivity contribution in [2.24, 2.45) is 0 Å². The Morgan fingerprint density at radius 3 is 2.40 bits per heavy atom. The van der Waals surface area contributed by atoms with Gasteiger partial charge in [0.15, 0.2) is 0 Å². The van der Waals surface area contributed by atoms with E-state index < -0.39 is 16.4 Å². The van der Waals surface area contributed by atoms with E-state index in [1.54, 1.807) is 0 Å². The maximum atomic E-state index is 12.1. The second-order valence-electron chi connectivity index (χ2n) is 5.51. The maximum absolute atomic E-state index is 12.1. The molecule has 0 bridgehead atoms. The van der Waals surface area contributed by atoms with Crippen LogP contribution in [0.25, 0.3) is 0 Å². The second-order valence-corrected chi connectivity index (χ2v) is 7.44. The van der Waals surface area contributed by atoms with Crippen LogP contribution in [-0.2, 0) is 26.0 Å². The fourth-order valence-electron chi connectivity index (χ4n) is 2.24. The molecular formula is C15H20F3NO5S. The molecule has 0 spiro atoms. The molecule has 0 unspecified atom stereocenters. The van der Waals surface area contributed by atoms with Gasteiger partial charge in [-0.15, -0.1) is 13.2 Å². The molecule has 2 rings (SSSR count). The van der Waals surface area contributed by atoms with Crippen LogP contribution in [0.3, 0.4) is 0 Å². The van der Waals surface area contributed by atoms with Crippen molar-refractivity contribution in [3.05, 3.63) is 29.8 Å². The van der Waals surface area contributed by atoms with Gasteiger partial charge in [-0.2, -0.15) is 0 Å². The molecule has 10 heteroatoms. The summed E-state index contributed by atoms with van der Waals surface area (Å²) in [7, 11) is -3.54. The van der Waals surface area contributed by atoms with Gasteiger partial charge in [-0.3, -0.25) is 0 Å². The smallest absolute Gasteiger partial charge is 0.406 e. The van der Waals surface area contributed by atoms with E-state index in [2.05, 4.69) is 9.46 Å². The highest BCUT2D eigenvalue weighted by atomic mass is 32.2. The van der Waals surface area contributed by atoms with Crippen LogP contribution >= 0.6 is 0 Å². The van der Waals surface area contributed by atoms with Crippen molar-refractivity contribution >= 4 is 10.0 Å². The number of nitrogens with one attached hydrogen (secondary N) is 1. The van der Waals surface area contributed by atoms with Crippen LogP contribution in [0.5, 0.6) is 5.75 Å². The Morgan fingerprint density at radius 1 is 1.16 bits per heavy atom. The SMILES string of the molecule is O=S(=O)(CCOC1CCOCC1)NCc1ccc(OC(F)(F)F)cc1. The third kappa shape index (κ3) is 8.04. The van der Waals surface area contributed by atoms with Crippen molar-refractivity contribution in [1.82, 2.24) is 4.72 Å². The summed E-state index contributed by atoms with van der Waals surface area (Å²) < 4.78 is 76.9. The molecule has 0 atom stereocenters. The molecule has 1 aliphatic heterocycles. The first kappa shape index (κ1) is 20.0. The number of alkyl halides is 3. The van der Waals surface area contributed by atoms with Crippen molar-refractivity contribution in [3.63, 3.8) is 0 Å². The van der Waals surface area contributed by atoms with Gasteiger partial charge >= 0.3 is 6.36 Å². The number of hydrogen-bond donors (Lipinski definition) is 1. The molecule has 142 valence electrons. The monoisotopic (exact) mass is 383 g/mol. The second kappa shape index (κ2) is 8.84. The Morgan fingerprint density at radius 2 is 1.80 bits per heavy atom. The van der Waals surface area contributed by atoms with Gasteiger partial charge in [-0.25, -0.2) is 13.1 Å². The lowest BCUT2D eigenvalue weighted by atomic mass is 10.2. The number of rotatable bonds is 8. The van der Waals surface area contributed by atoms with E-state index in [1.165, 1.54) is 12.1 Å². The lowest BCUT2D eigenvalue weighted by molar-refractivity contribution is -0.274. The normalized spacial score (nSPS) is 16.8. The van der Waals surface area contributed by atoms with Gasteiger partial charge in [-0.1, -0.05) is 12.1 Å². The van der Waals surface area contributed by atoms with Crippen LogP contribution in [0.15, 0.2) is 24.3 Å². The number of benzene rings is 1. The van der Waals surface area contributed by atoms with E-state index in [-0.39, 0.29) is 30.8 Å². The van der Waals surface area contributed by atoms with Gasteiger partial charge in [0.2, 0.25) is 10.0 Å². The largest absolute Gasteiger partial charge is 0.573 e. The summed E-state index contributed by atoms with van der Waals surface area (Å²) >= 11 is 0. The predicted molar refractivity (Wildman–Crippen MR) is 83.5 cm³/mol. The maximum Gasteiger partial charge on any atom is 0.573 e. The van der Waals surface area contributed by atoms with Crippen LogP contribution in [0, 0.1) is 0 Å². The van der Waals surface area contributed by atoms with E-state index in [1.807, 2.05) is 0 Å². The molecule has 1 aliphatic rings. The molecule has 1 aromatic rings. The molecule has 0 aliphatic carbocycles. The zero-order valence-corrected chi connectivity index (χ0v) is 14.2. The summed E-state index contributed by atoms with van der Waals surface area (Å²) in [6.45, 7) is 1.29. The molecule has 1 aromatic carbocycles. The zero-order valence-electron chi connectivity index (χ0n) is 13.4. The number of ether oxygens (including phenoxy) is 3. The molecule has 0 radical (unpaired) electrons. The number of halogens is 3. The predicted octanol–water partition coefficient (Wildman–Crippen LogP) is 2.20. The van der Waals surface area contributed by atoms with Crippen LogP contribution in [0.4, 0.5) is 13.2 Å². The van der Waals surface area contributed by atoms with E-state index in [4.69, 9.17) is 9.47 Å². The average molecular weight is 383 g/mol. The minimum absolute atomic E-state index is 0.0186. The molecule has 0 aromatic heterocycles. The van der Waals surface area contributed by atoms with Crippen LogP contribution in [-0.4, -0.2) is 46.5 Å². The van der Waals surface area contributed by atoms with Crippen molar-refractivity contribution < 1.29 is 35.8 Å². The molecular weight excluding hydrogens is 363 g/mol. The van der Waals surface area contributed by atoms with E-state index in [9.17, 15) is 21.6 Å². The highest BCUT2D eigenvalue weighted by molar-refractivity contribution is 7.89. The summed E-state index contributed by atoms with van der Waals surface area (Å²) in [4.78, 5) is 0. The summed E-state index contributed by atoms with van der Waals surface area (Å²) in [5, 5.41) is 0. The Kier molecular flexibility index (Phi) is 7.05. The summed E-state index contributed by atoms with van der Waals surface area (Å²) in [6.07, 6.45) is -3.24. The van der Waals surface area contributed by atoms with Gasteiger partial charge in [0.1, 0.15) is 5.75 Å². The van der Waals surface area contributed by atoms with Gasteiger partial charge in [0.25, 0.3) is 0 Å². The van der Waals surface area contributed by atoms with Crippen LogP contribution in [0.2, 0.25) is 0 Å². The molecule has 0 amide bonds. The minimum Gasteiger partial charge on any atom is -0.406 e. The third-order valence-corrected chi connectivity index (χ3v) is 4.82. The summed E-state index contributed by atoms with van der Waals surface area (Å²) in [5.74, 6) is -0.538. The topological polar surface area (TPSA) is 73.9 Å². The quantitative estimate of drug-likeness (QED) is 0.745. The van der Waals surface area contributed by atoms with E-state index >= 15 is 0 Å². The molecule has 25 heavy (non-hydrogen) atoms. The summed E-state index contributed by atoms with van der Waals surface area (Å²) in [5.41, 5.74) is 0.517. The first-order valence-corrected chi connectivity index (χ1v) is 9.40. The van der Waals surface area contributed by atoms with Crippen molar-refractivity contribution in [1.29, 1.82) is 0 Å². The van der Waals surface area contributed by atoms with Crippen molar-refractivity contribution in [2.45, 2.75) is 31.9 Å².